The first-order valence-electron chi connectivity index (χ1n) is 13.2. The van der Waals surface area contributed by atoms with Crippen LogP contribution in [0.15, 0.2) is 47.1 Å². The van der Waals surface area contributed by atoms with Crippen molar-refractivity contribution < 1.29 is 23.5 Å². The minimum absolute atomic E-state index is 0.113. The molecule has 0 unspecified atom stereocenters. The van der Waals surface area contributed by atoms with Gasteiger partial charge in [-0.1, -0.05) is 50.5 Å². The molecule has 2 N–H and O–H groups in total. The van der Waals surface area contributed by atoms with Crippen molar-refractivity contribution in [2.75, 3.05) is 19.7 Å². The molecule has 0 radical (unpaired) electrons. The van der Waals surface area contributed by atoms with Crippen molar-refractivity contribution in [3.05, 3.63) is 59.5 Å². The summed E-state index contributed by atoms with van der Waals surface area (Å²) in [6.45, 7) is 2.77. The maximum Gasteiger partial charge on any atom is 0.287 e. The second-order valence-corrected chi connectivity index (χ2v) is 9.68. The predicted molar refractivity (Wildman–Crippen MR) is 135 cm³/mol. The first kappa shape index (κ1) is 25.9. The standard InChI is InChI=1S/C28H37N3O5/c1-2-20-12-14-21(15-13-20)26(28(34)30-22-8-4-3-5-9-22)31(19-23-10-6-16-35-23)25(32)18-29-27(33)24-11-7-17-36-24/h7,11-15,17,22-23,26H,2-6,8-10,16,18-19H2,1H3,(H,29,33)(H,30,34)/t23-,26+/m1/s1. The molecule has 2 atom stereocenters. The third-order valence-corrected chi connectivity index (χ3v) is 7.11. The molecule has 36 heavy (non-hydrogen) atoms. The highest BCUT2D eigenvalue weighted by Gasteiger charge is 2.35. The minimum Gasteiger partial charge on any atom is -0.459 e. The van der Waals surface area contributed by atoms with E-state index in [9.17, 15) is 14.4 Å². The number of rotatable bonds is 10. The Labute approximate surface area is 212 Å². The number of amides is 3. The van der Waals surface area contributed by atoms with Gasteiger partial charge in [0.25, 0.3) is 5.91 Å². The lowest BCUT2D eigenvalue weighted by Crippen LogP contribution is -2.51. The quantitative estimate of drug-likeness (QED) is 0.523. The normalized spacial score (nSPS) is 19.0. The van der Waals surface area contributed by atoms with E-state index in [0.29, 0.717) is 6.61 Å². The summed E-state index contributed by atoms with van der Waals surface area (Å²) in [5, 5.41) is 5.86. The van der Waals surface area contributed by atoms with Crippen LogP contribution >= 0.6 is 0 Å². The van der Waals surface area contributed by atoms with Gasteiger partial charge in [0.1, 0.15) is 6.04 Å². The average molecular weight is 496 g/mol. The molecule has 4 rings (SSSR count). The summed E-state index contributed by atoms with van der Waals surface area (Å²) in [5.74, 6) is -0.861. The van der Waals surface area contributed by atoms with Gasteiger partial charge in [-0.3, -0.25) is 14.4 Å². The van der Waals surface area contributed by atoms with Crippen LogP contribution < -0.4 is 10.6 Å². The Morgan fingerprint density at radius 1 is 1.03 bits per heavy atom. The van der Waals surface area contributed by atoms with E-state index in [1.807, 2.05) is 24.3 Å². The summed E-state index contributed by atoms with van der Waals surface area (Å²) in [6.07, 6.45) is 9.18. The van der Waals surface area contributed by atoms with Gasteiger partial charge in [-0.15, -0.1) is 0 Å². The molecule has 0 bridgehead atoms. The SMILES string of the molecule is CCc1ccc([C@@H](C(=O)NC2CCCCC2)N(C[C@H]2CCCO2)C(=O)CNC(=O)c2ccco2)cc1. The van der Waals surface area contributed by atoms with E-state index in [1.54, 1.807) is 17.0 Å². The van der Waals surface area contributed by atoms with E-state index in [4.69, 9.17) is 9.15 Å². The molecule has 2 aromatic rings. The van der Waals surface area contributed by atoms with Gasteiger partial charge in [-0.2, -0.15) is 0 Å². The number of benzene rings is 1. The number of hydrogen-bond donors (Lipinski definition) is 2. The molecule has 1 aliphatic carbocycles. The molecular formula is C28H37N3O5. The lowest BCUT2D eigenvalue weighted by atomic mass is 9.94. The smallest absolute Gasteiger partial charge is 0.287 e. The molecule has 1 saturated heterocycles. The molecule has 1 saturated carbocycles. The van der Waals surface area contributed by atoms with Crippen LogP contribution in [0, 0.1) is 0 Å². The molecule has 1 aromatic heterocycles. The second kappa shape index (κ2) is 12.7. The van der Waals surface area contributed by atoms with E-state index < -0.39 is 11.9 Å². The van der Waals surface area contributed by atoms with Crippen LogP contribution in [0.5, 0.6) is 0 Å². The summed E-state index contributed by atoms with van der Waals surface area (Å²) >= 11 is 0. The molecule has 2 aliphatic rings. The Hall–Kier alpha value is -3.13. The Morgan fingerprint density at radius 2 is 1.81 bits per heavy atom. The number of carbonyl (C=O) groups excluding carboxylic acids is 3. The number of ether oxygens (including phenoxy) is 1. The van der Waals surface area contributed by atoms with E-state index in [1.165, 1.54) is 12.7 Å². The molecule has 8 nitrogen and oxygen atoms in total. The fourth-order valence-corrected chi connectivity index (χ4v) is 5.05. The van der Waals surface area contributed by atoms with Crippen molar-refractivity contribution >= 4 is 17.7 Å². The third-order valence-electron chi connectivity index (χ3n) is 7.11. The molecule has 2 fully saturated rings. The predicted octanol–water partition coefficient (Wildman–Crippen LogP) is 3.77. The van der Waals surface area contributed by atoms with Crippen molar-refractivity contribution in [1.29, 1.82) is 0 Å². The molecule has 1 aliphatic heterocycles. The molecule has 194 valence electrons. The van der Waals surface area contributed by atoms with Crippen molar-refractivity contribution in [3.63, 3.8) is 0 Å². The van der Waals surface area contributed by atoms with Crippen molar-refractivity contribution in [2.24, 2.45) is 0 Å². The minimum atomic E-state index is -0.810. The van der Waals surface area contributed by atoms with Gasteiger partial charge in [0.05, 0.1) is 18.9 Å². The fourth-order valence-electron chi connectivity index (χ4n) is 5.05. The molecule has 0 spiro atoms. The Morgan fingerprint density at radius 3 is 2.44 bits per heavy atom. The number of hydrogen-bond acceptors (Lipinski definition) is 5. The number of nitrogens with one attached hydrogen (secondary N) is 2. The van der Waals surface area contributed by atoms with Crippen LogP contribution in [0.1, 0.15) is 79.6 Å². The summed E-state index contributed by atoms with van der Waals surface area (Å²) in [7, 11) is 0. The second-order valence-electron chi connectivity index (χ2n) is 9.68. The van der Waals surface area contributed by atoms with Crippen molar-refractivity contribution in [2.45, 2.75) is 76.5 Å². The van der Waals surface area contributed by atoms with Crippen LogP contribution in [-0.2, 0) is 20.7 Å². The van der Waals surface area contributed by atoms with Crippen molar-refractivity contribution in [1.82, 2.24) is 15.5 Å². The lowest BCUT2D eigenvalue weighted by molar-refractivity contribution is -0.142. The number of aryl methyl sites for hydroxylation is 1. The maximum absolute atomic E-state index is 13.8. The monoisotopic (exact) mass is 495 g/mol. The zero-order valence-electron chi connectivity index (χ0n) is 21.0. The van der Waals surface area contributed by atoms with Crippen LogP contribution in [0.2, 0.25) is 0 Å². The zero-order valence-corrected chi connectivity index (χ0v) is 21.0. The van der Waals surface area contributed by atoms with Crippen LogP contribution in [-0.4, -0.2) is 54.5 Å². The first-order valence-corrected chi connectivity index (χ1v) is 13.2. The topological polar surface area (TPSA) is 101 Å². The first-order chi connectivity index (χ1) is 17.5. The third kappa shape index (κ3) is 6.75. The van der Waals surface area contributed by atoms with E-state index in [0.717, 1.165) is 56.1 Å². The summed E-state index contributed by atoms with van der Waals surface area (Å²) in [6, 6.07) is 10.3. The van der Waals surface area contributed by atoms with Gasteiger partial charge in [-0.05, 0) is 55.4 Å². The zero-order chi connectivity index (χ0) is 25.3. The highest BCUT2D eigenvalue weighted by Crippen LogP contribution is 2.27. The van der Waals surface area contributed by atoms with Crippen LogP contribution in [0.25, 0.3) is 0 Å². The van der Waals surface area contributed by atoms with Gasteiger partial charge >= 0.3 is 0 Å². The van der Waals surface area contributed by atoms with Gasteiger partial charge in [0.2, 0.25) is 11.8 Å². The summed E-state index contributed by atoms with van der Waals surface area (Å²) in [5.41, 5.74) is 1.91. The van der Waals surface area contributed by atoms with Crippen molar-refractivity contribution in [3.8, 4) is 0 Å². The number of nitrogens with zero attached hydrogens (tertiary/aromatic N) is 1. The highest BCUT2D eigenvalue weighted by atomic mass is 16.5. The number of furan rings is 1. The fraction of sp³-hybridized carbons (Fsp3) is 0.536. The summed E-state index contributed by atoms with van der Waals surface area (Å²) < 4.78 is 11.0. The lowest BCUT2D eigenvalue weighted by Gasteiger charge is -2.34. The van der Waals surface area contributed by atoms with E-state index in [2.05, 4.69) is 17.6 Å². The highest BCUT2D eigenvalue weighted by molar-refractivity contribution is 5.95. The molecule has 3 amide bonds. The van der Waals surface area contributed by atoms with Crippen LogP contribution in [0.3, 0.4) is 0 Å². The molecule has 2 heterocycles. The van der Waals surface area contributed by atoms with E-state index >= 15 is 0 Å². The molecule has 8 heteroatoms. The van der Waals surface area contributed by atoms with Gasteiger partial charge in [0, 0.05) is 19.2 Å². The number of carbonyl (C=O) groups is 3. The molecule has 1 aromatic carbocycles. The maximum atomic E-state index is 13.8. The van der Waals surface area contributed by atoms with Gasteiger partial charge in [-0.25, -0.2) is 0 Å². The Balaban J connectivity index is 1.58. The van der Waals surface area contributed by atoms with Gasteiger partial charge in [0.15, 0.2) is 5.76 Å². The summed E-state index contributed by atoms with van der Waals surface area (Å²) in [4.78, 5) is 41.3. The molecular weight excluding hydrogens is 458 g/mol. The Bertz CT molecular complexity index is 993. The largest absolute Gasteiger partial charge is 0.459 e. The Kier molecular flexibility index (Phi) is 9.17. The van der Waals surface area contributed by atoms with E-state index in [-0.39, 0.29) is 42.8 Å². The average Bonchev–Trinajstić information content (AvgIpc) is 3.62. The van der Waals surface area contributed by atoms with Crippen LogP contribution in [0.4, 0.5) is 0 Å². The van der Waals surface area contributed by atoms with Gasteiger partial charge < -0.3 is 24.7 Å².